The van der Waals surface area contributed by atoms with Gasteiger partial charge in [-0.1, -0.05) is 12.8 Å². The van der Waals surface area contributed by atoms with Crippen LogP contribution in [-0.4, -0.2) is 33.9 Å². The van der Waals surface area contributed by atoms with E-state index in [-0.39, 0.29) is 23.6 Å². The van der Waals surface area contributed by atoms with Crippen LogP contribution < -0.4 is 11.1 Å². The zero-order valence-electron chi connectivity index (χ0n) is 11.6. The van der Waals surface area contributed by atoms with Crippen molar-refractivity contribution in [3.8, 4) is 0 Å². The molecule has 2 atom stereocenters. The zero-order chi connectivity index (χ0) is 14.1. The molecule has 1 heterocycles. The van der Waals surface area contributed by atoms with Crippen LogP contribution in [0.25, 0.3) is 0 Å². The van der Waals surface area contributed by atoms with Crippen LogP contribution in [0.3, 0.4) is 0 Å². The van der Waals surface area contributed by atoms with E-state index in [0.29, 0.717) is 18.2 Å². The van der Waals surface area contributed by atoms with Gasteiger partial charge in [-0.2, -0.15) is 5.10 Å². The van der Waals surface area contributed by atoms with Gasteiger partial charge >= 0.3 is 0 Å². The molecule has 6 nitrogen and oxygen atoms in total. The van der Waals surface area contributed by atoms with Crippen molar-refractivity contribution >= 4 is 11.6 Å². The number of nitrogens with two attached hydrogens (primary N) is 1. The predicted molar refractivity (Wildman–Crippen MR) is 75.3 cm³/mol. The summed E-state index contributed by atoms with van der Waals surface area (Å²) in [4.78, 5) is 12.1. The van der Waals surface area contributed by atoms with Gasteiger partial charge in [0.2, 0.25) is 0 Å². The Morgan fingerprint density at radius 2 is 2.10 bits per heavy atom. The van der Waals surface area contributed by atoms with Crippen molar-refractivity contribution in [3.63, 3.8) is 0 Å². The molecule has 2 aliphatic carbocycles. The molecule has 110 valence electrons. The van der Waals surface area contributed by atoms with Crippen molar-refractivity contribution in [2.24, 2.45) is 5.92 Å². The van der Waals surface area contributed by atoms with Crippen LogP contribution in [0.5, 0.6) is 0 Å². The molecule has 5 N–H and O–H groups in total. The Morgan fingerprint density at radius 3 is 2.80 bits per heavy atom. The fourth-order valence-electron chi connectivity index (χ4n) is 2.95. The smallest absolute Gasteiger partial charge is 0.273 e. The molecule has 0 saturated heterocycles. The first-order valence-corrected chi connectivity index (χ1v) is 7.47. The lowest BCUT2D eigenvalue weighted by Gasteiger charge is -2.27. The Hall–Kier alpha value is -1.56. The normalized spacial score (nSPS) is 26.4. The molecule has 2 fully saturated rings. The van der Waals surface area contributed by atoms with E-state index in [1.807, 2.05) is 0 Å². The number of aromatic nitrogens is 2. The van der Waals surface area contributed by atoms with Crippen molar-refractivity contribution in [2.45, 2.75) is 50.5 Å². The number of rotatable bonds is 4. The number of aromatic amines is 1. The monoisotopic (exact) mass is 278 g/mol. The lowest BCUT2D eigenvalue weighted by molar-refractivity contribution is 0.0662. The van der Waals surface area contributed by atoms with E-state index >= 15 is 0 Å². The highest BCUT2D eigenvalue weighted by molar-refractivity contribution is 5.97. The Bertz CT molecular complexity index is 495. The predicted octanol–water partition coefficient (Wildman–Crippen LogP) is 1.15. The van der Waals surface area contributed by atoms with Crippen LogP contribution in [0.4, 0.5) is 5.69 Å². The number of aliphatic hydroxyl groups is 1. The Balaban J connectivity index is 1.58. The molecule has 0 aliphatic heterocycles. The maximum atomic E-state index is 12.1. The summed E-state index contributed by atoms with van der Waals surface area (Å²) in [5.74, 6) is 0.350. The molecule has 0 radical (unpaired) electrons. The highest BCUT2D eigenvalue weighted by atomic mass is 16.3. The largest absolute Gasteiger partial charge is 0.395 e. The van der Waals surface area contributed by atoms with Crippen molar-refractivity contribution in [1.82, 2.24) is 15.5 Å². The van der Waals surface area contributed by atoms with Crippen LogP contribution in [-0.2, 0) is 0 Å². The standard InChI is InChI=1S/C14H22N4O2/c15-11-12(8-5-6-8)17-18-13(11)14(20)16-7-9-3-1-2-4-10(9)19/h8-10,19H,1-7,15H2,(H,16,20)(H,17,18). The average Bonchev–Trinajstić information content (AvgIpc) is 3.21. The maximum absolute atomic E-state index is 12.1. The summed E-state index contributed by atoms with van der Waals surface area (Å²) in [6.45, 7) is 0.491. The molecular formula is C14H22N4O2. The molecule has 2 aliphatic rings. The fourth-order valence-corrected chi connectivity index (χ4v) is 2.95. The number of carbonyl (C=O) groups excluding carboxylic acids is 1. The Kier molecular flexibility index (Phi) is 3.65. The van der Waals surface area contributed by atoms with E-state index < -0.39 is 0 Å². The third-order valence-electron chi connectivity index (χ3n) is 4.43. The molecule has 0 spiro atoms. The lowest BCUT2D eigenvalue weighted by Crippen LogP contribution is -2.37. The first-order chi connectivity index (χ1) is 9.66. The number of hydrogen-bond donors (Lipinski definition) is 4. The van der Waals surface area contributed by atoms with Gasteiger partial charge in [0.05, 0.1) is 17.5 Å². The summed E-state index contributed by atoms with van der Waals surface area (Å²) in [7, 11) is 0. The third kappa shape index (κ3) is 2.65. The highest BCUT2D eigenvalue weighted by Crippen LogP contribution is 2.42. The average molecular weight is 278 g/mol. The number of nitrogens with one attached hydrogen (secondary N) is 2. The molecule has 6 heteroatoms. The van der Waals surface area contributed by atoms with E-state index in [1.54, 1.807) is 0 Å². The van der Waals surface area contributed by atoms with Gasteiger partial charge in [-0.05, 0) is 25.7 Å². The first kappa shape index (κ1) is 13.4. The first-order valence-electron chi connectivity index (χ1n) is 7.47. The van der Waals surface area contributed by atoms with Gasteiger partial charge in [0.1, 0.15) is 0 Å². The topological polar surface area (TPSA) is 104 Å². The minimum absolute atomic E-state index is 0.149. The van der Waals surface area contributed by atoms with E-state index in [1.165, 1.54) is 0 Å². The van der Waals surface area contributed by atoms with Gasteiger partial charge in [-0.25, -0.2) is 0 Å². The number of hydrogen-bond acceptors (Lipinski definition) is 4. The summed E-state index contributed by atoms with van der Waals surface area (Å²) in [5.41, 5.74) is 7.64. The van der Waals surface area contributed by atoms with Gasteiger partial charge in [0.25, 0.3) is 5.91 Å². The molecule has 1 aromatic heterocycles. The quantitative estimate of drug-likeness (QED) is 0.663. The van der Waals surface area contributed by atoms with Crippen LogP contribution in [0, 0.1) is 5.92 Å². The molecule has 2 unspecified atom stereocenters. The maximum Gasteiger partial charge on any atom is 0.273 e. The number of nitrogens with zero attached hydrogens (tertiary/aromatic N) is 1. The molecule has 3 rings (SSSR count). The number of anilines is 1. The second-order valence-corrected chi connectivity index (χ2v) is 6.00. The SMILES string of the molecule is Nc1c(C(=O)NCC2CCCCC2O)n[nH]c1C1CC1. The van der Waals surface area contributed by atoms with Crippen LogP contribution in [0.15, 0.2) is 0 Å². The summed E-state index contributed by atoms with van der Waals surface area (Å²) in [5, 5.41) is 19.7. The van der Waals surface area contributed by atoms with Gasteiger partial charge in [0.15, 0.2) is 5.69 Å². The van der Waals surface area contributed by atoms with E-state index in [2.05, 4.69) is 15.5 Å². The second-order valence-electron chi connectivity index (χ2n) is 6.00. The highest BCUT2D eigenvalue weighted by Gasteiger charge is 2.30. The minimum Gasteiger partial charge on any atom is -0.395 e. The van der Waals surface area contributed by atoms with Crippen molar-refractivity contribution in [2.75, 3.05) is 12.3 Å². The third-order valence-corrected chi connectivity index (χ3v) is 4.43. The molecule has 0 aromatic carbocycles. The number of carbonyl (C=O) groups is 1. The zero-order valence-corrected chi connectivity index (χ0v) is 11.6. The van der Waals surface area contributed by atoms with Crippen LogP contribution >= 0.6 is 0 Å². The van der Waals surface area contributed by atoms with Crippen LogP contribution in [0.1, 0.15) is 60.6 Å². The lowest BCUT2D eigenvalue weighted by atomic mass is 9.86. The molecule has 20 heavy (non-hydrogen) atoms. The summed E-state index contributed by atoms with van der Waals surface area (Å²) in [6.07, 6.45) is 5.91. The fraction of sp³-hybridized carbons (Fsp3) is 0.714. The number of aliphatic hydroxyl groups excluding tert-OH is 1. The molecule has 2 saturated carbocycles. The second kappa shape index (κ2) is 5.44. The number of amides is 1. The van der Waals surface area contributed by atoms with Gasteiger partial charge in [-0.15, -0.1) is 0 Å². The van der Waals surface area contributed by atoms with Gasteiger partial charge in [0, 0.05) is 18.4 Å². The van der Waals surface area contributed by atoms with E-state index in [4.69, 9.17) is 5.73 Å². The van der Waals surface area contributed by atoms with Crippen molar-refractivity contribution in [3.05, 3.63) is 11.4 Å². The summed E-state index contributed by atoms with van der Waals surface area (Å²) in [6, 6.07) is 0. The Labute approximate surface area is 118 Å². The summed E-state index contributed by atoms with van der Waals surface area (Å²) >= 11 is 0. The Morgan fingerprint density at radius 1 is 1.35 bits per heavy atom. The molecule has 1 aromatic rings. The molecular weight excluding hydrogens is 256 g/mol. The van der Waals surface area contributed by atoms with Crippen LogP contribution in [0.2, 0.25) is 0 Å². The summed E-state index contributed by atoms with van der Waals surface area (Å²) < 4.78 is 0. The van der Waals surface area contributed by atoms with Gasteiger partial charge in [-0.3, -0.25) is 9.89 Å². The molecule has 0 bridgehead atoms. The minimum atomic E-state index is -0.303. The number of H-pyrrole nitrogens is 1. The molecule has 1 amide bonds. The number of nitrogen functional groups attached to an aromatic ring is 1. The van der Waals surface area contributed by atoms with Crippen molar-refractivity contribution in [1.29, 1.82) is 0 Å². The van der Waals surface area contributed by atoms with Gasteiger partial charge < -0.3 is 16.2 Å². The van der Waals surface area contributed by atoms with Crippen molar-refractivity contribution < 1.29 is 9.90 Å². The van der Waals surface area contributed by atoms with E-state index in [9.17, 15) is 9.90 Å². The van der Waals surface area contributed by atoms with E-state index in [0.717, 1.165) is 44.2 Å².